The zero-order chi connectivity index (χ0) is 22.1. The molecule has 2 rings (SSSR count). The minimum atomic E-state index is -0.953. The number of carbonyl (C=O) groups is 2. The van der Waals surface area contributed by atoms with Gasteiger partial charge in [-0.2, -0.15) is 0 Å². The van der Waals surface area contributed by atoms with Crippen LogP contribution in [0.15, 0.2) is 89.1 Å². The first-order chi connectivity index (χ1) is 14.2. The highest BCUT2D eigenvalue weighted by atomic mass is 16.4. The van der Waals surface area contributed by atoms with Gasteiger partial charge in [-0.05, 0) is 70.2 Å². The van der Waals surface area contributed by atoms with Crippen molar-refractivity contribution in [2.24, 2.45) is 5.41 Å². The summed E-state index contributed by atoms with van der Waals surface area (Å²) >= 11 is 0. The molecular weight excluding hydrogens is 374 g/mol. The van der Waals surface area contributed by atoms with E-state index in [-0.39, 0.29) is 5.91 Å². The van der Waals surface area contributed by atoms with Crippen LogP contribution in [0.2, 0.25) is 0 Å². The monoisotopic (exact) mass is 405 g/mol. The van der Waals surface area contributed by atoms with Crippen molar-refractivity contribution in [1.82, 2.24) is 0 Å². The van der Waals surface area contributed by atoms with Gasteiger partial charge in [-0.1, -0.05) is 59.7 Å². The van der Waals surface area contributed by atoms with Gasteiger partial charge in [-0.25, -0.2) is 4.79 Å². The Morgan fingerprint density at radius 1 is 1.10 bits per heavy atom. The number of para-hydroxylation sites is 1. The standard InChI is InChI=1S/C26H31NO3/c1-19(10-8-11-20(2)18-24(28)29)15-16-23-21(3)12-9-17-26(23,4)25(30)27-22-13-6-5-7-14-22/h5-8,10-11,13-16,18H,9,12,17H2,1-4H3,(H,27,30)(H,28,29)/b11-8+,16-15+,19-10+,20-18+/t26-/m1/s1. The number of amides is 1. The third kappa shape index (κ3) is 6.45. The second kappa shape index (κ2) is 10.6. The van der Waals surface area contributed by atoms with E-state index in [0.717, 1.165) is 36.1 Å². The van der Waals surface area contributed by atoms with Crippen LogP contribution in [-0.2, 0) is 9.59 Å². The zero-order valence-corrected chi connectivity index (χ0v) is 18.2. The molecule has 1 aliphatic rings. The number of carbonyl (C=O) groups excluding carboxylic acids is 1. The Kier molecular flexibility index (Phi) is 8.16. The number of carboxylic acids is 1. The molecule has 1 atom stereocenters. The highest BCUT2D eigenvalue weighted by Gasteiger charge is 2.38. The molecule has 0 saturated carbocycles. The molecule has 0 heterocycles. The van der Waals surface area contributed by atoms with Crippen molar-refractivity contribution in [1.29, 1.82) is 0 Å². The summed E-state index contributed by atoms with van der Waals surface area (Å²) in [6.07, 6.45) is 13.6. The smallest absolute Gasteiger partial charge is 0.328 e. The summed E-state index contributed by atoms with van der Waals surface area (Å²) in [5.41, 5.74) is 4.23. The number of carboxylic acid groups (broad SMARTS) is 1. The molecule has 2 N–H and O–H groups in total. The third-order valence-electron chi connectivity index (χ3n) is 5.40. The van der Waals surface area contributed by atoms with Crippen LogP contribution in [0.25, 0.3) is 0 Å². The number of nitrogens with one attached hydrogen (secondary N) is 1. The fraction of sp³-hybridized carbons (Fsp3) is 0.308. The molecule has 4 heteroatoms. The van der Waals surface area contributed by atoms with Crippen molar-refractivity contribution in [3.63, 3.8) is 0 Å². The van der Waals surface area contributed by atoms with Gasteiger partial charge < -0.3 is 10.4 Å². The van der Waals surface area contributed by atoms with Crippen LogP contribution in [0.4, 0.5) is 5.69 Å². The summed E-state index contributed by atoms with van der Waals surface area (Å²) in [5.74, 6) is -0.936. The van der Waals surface area contributed by atoms with E-state index in [1.54, 1.807) is 13.0 Å². The summed E-state index contributed by atoms with van der Waals surface area (Å²) in [7, 11) is 0. The van der Waals surface area contributed by atoms with Crippen molar-refractivity contribution in [2.75, 3.05) is 5.32 Å². The van der Waals surface area contributed by atoms with Crippen LogP contribution >= 0.6 is 0 Å². The predicted octanol–water partition coefficient (Wildman–Crippen LogP) is 6.22. The van der Waals surface area contributed by atoms with Crippen LogP contribution in [0.5, 0.6) is 0 Å². The first-order valence-electron chi connectivity index (χ1n) is 10.2. The number of hydrogen-bond acceptors (Lipinski definition) is 2. The van der Waals surface area contributed by atoms with Crippen molar-refractivity contribution >= 4 is 17.6 Å². The SMILES string of the molecule is CC1=C(/C=C/C(C)=C/C=C/C(C)=C/C(=O)O)[C@](C)(C(=O)Nc2ccccc2)CCC1. The molecule has 0 fully saturated rings. The van der Waals surface area contributed by atoms with E-state index in [4.69, 9.17) is 5.11 Å². The van der Waals surface area contributed by atoms with Gasteiger partial charge in [-0.3, -0.25) is 4.79 Å². The lowest BCUT2D eigenvalue weighted by molar-refractivity contribution is -0.131. The molecule has 0 saturated heterocycles. The van der Waals surface area contributed by atoms with E-state index >= 15 is 0 Å². The molecule has 158 valence electrons. The third-order valence-corrected chi connectivity index (χ3v) is 5.40. The Morgan fingerprint density at radius 3 is 2.47 bits per heavy atom. The molecule has 1 aromatic carbocycles. The van der Waals surface area contributed by atoms with Crippen LogP contribution < -0.4 is 5.32 Å². The molecule has 1 aliphatic carbocycles. The van der Waals surface area contributed by atoms with Crippen molar-refractivity contribution in [3.05, 3.63) is 89.1 Å². The summed E-state index contributed by atoms with van der Waals surface area (Å²) in [6.45, 7) is 7.85. The molecule has 0 aliphatic heterocycles. The largest absolute Gasteiger partial charge is 0.478 e. The topological polar surface area (TPSA) is 66.4 Å². The minimum Gasteiger partial charge on any atom is -0.478 e. The average molecular weight is 406 g/mol. The van der Waals surface area contributed by atoms with Crippen LogP contribution in [-0.4, -0.2) is 17.0 Å². The summed E-state index contributed by atoms with van der Waals surface area (Å²) < 4.78 is 0. The number of allylic oxidation sites excluding steroid dienone is 8. The highest BCUT2D eigenvalue weighted by Crippen LogP contribution is 2.42. The number of rotatable bonds is 7. The number of anilines is 1. The van der Waals surface area contributed by atoms with Gasteiger partial charge in [0, 0.05) is 11.8 Å². The molecule has 0 spiro atoms. The highest BCUT2D eigenvalue weighted by molar-refractivity contribution is 5.98. The van der Waals surface area contributed by atoms with Gasteiger partial charge in [-0.15, -0.1) is 0 Å². The first-order valence-corrected chi connectivity index (χ1v) is 10.2. The Morgan fingerprint density at radius 2 is 1.80 bits per heavy atom. The predicted molar refractivity (Wildman–Crippen MR) is 123 cm³/mol. The minimum absolute atomic E-state index is 0.0170. The van der Waals surface area contributed by atoms with Gasteiger partial charge in [0.25, 0.3) is 0 Å². The Labute approximate surface area is 179 Å². The van der Waals surface area contributed by atoms with Crippen molar-refractivity contribution in [2.45, 2.75) is 47.0 Å². The maximum atomic E-state index is 13.2. The molecule has 30 heavy (non-hydrogen) atoms. The fourth-order valence-electron chi connectivity index (χ4n) is 3.66. The van der Waals surface area contributed by atoms with E-state index in [1.165, 1.54) is 11.6 Å². The molecule has 4 nitrogen and oxygen atoms in total. The molecule has 1 amide bonds. The molecule has 0 unspecified atom stereocenters. The van der Waals surface area contributed by atoms with Gasteiger partial charge >= 0.3 is 5.97 Å². The lowest BCUT2D eigenvalue weighted by Gasteiger charge is -2.35. The lowest BCUT2D eigenvalue weighted by Crippen LogP contribution is -2.37. The van der Waals surface area contributed by atoms with Crippen molar-refractivity contribution < 1.29 is 14.7 Å². The van der Waals surface area contributed by atoms with Gasteiger partial charge in [0.05, 0.1) is 5.41 Å². The van der Waals surface area contributed by atoms with Crippen LogP contribution in [0.3, 0.4) is 0 Å². The molecular formula is C26H31NO3. The van der Waals surface area contributed by atoms with Crippen LogP contribution in [0, 0.1) is 5.41 Å². The Hall–Kier alpha value is -3.14. The van der Waals surface area contributed by atoms with E-state index in [0.29, 0.717) is 5.57 Å². The molecule has 0 aromatic heterocycles. The van der Waals surface area contributed by atoms with E-state index < -0.39 is 11.4 Å². The lowest BCUT2D eigenvalue weighted by atomic mass is 9.70. The first kappa shape index (κ1) is 23.1. The van der Waals surface area contributed by atoms with Gasteiger partial charge in [0.1, 0.15) is 0 Å². The molecule has 1 aromatic rings. The average Bonchev–Trinajstić information content (AvgIpc) is 2.67. The van der Waals surface area contributed by atoms with E-state index in [2.05, 4.69) is 18.3 Å². The second-order valence-electron chi connectivity index (χ2n) is 8.03. The number of hydrogen-bond donors (Lipinski definition) is 2. The normalized spacial score (nSPS) is 20.8. The zero-order valence-electron chi connectivity index (χ0n) is 18.2. The quantitative estimate of drug-likeness (QED) is 0.418. The molecule has 0 bridgehead atoms. The maximum Gasteiger partial charge on any atom is 0.328 e. The molecule has 0 radical (unpaired) electrons. The number of aliphatic carboxylic acids is 1. The maximum absolute atomic E-state index is 13.2. The fourth-order valence-corrected chi connectivity index (χ4v) is 3.66. The van der Waals surface area contributed by atoms with E-state index in [1.807, 2.05) is 62.4 Å². The van der Waals surface area contributed by atoms with Crippen molar-refractivity contribution in [3.8, 4) is 0 Å². The van der Waals surface area contributed by atoms with Gasteiger partial charge in [0.15, 0.2) is 0 Å². The Bertz CT molecular complexity index is 932. The summed E-state index contributed by atoms with van der Waals surface area (Å²) in [5, 5.41) is 11.8. The second-order valence-corrected chi connectivity index (χ2v) is 8.03. The van der Waals surface area contributed by atoms with Gasteiger partial charge in [0.2, 0.25) is 5.91 Å². The van der Waals surface area contributed by atoms with E-state index in [9.17, 15) is 9.59 Å². The Balaban J connectivity index is 2.20. The number of benzene rings is 1. The van der Waals surface area contributed by atoms with Crippen LogP contribution in [0.1, 0.15) is 47.0 Å². The summed E-state index contributed by atoms with van der Waals surface area (Å²) in [6, 6.07) is 9.55. The summed E-state index contributed by atoms with van der Waals surface area (Å²) in [4.78, 5) is 23.8.